The Balaban J connectivity index is 2.38. The lowest BCUT2D eigenvalue weighted by atomic mass is 10.1. The number of para-hydroxylation sites is 1. The number of aryl methyl sites for hydroxylation is 1. The fraction of sp³-hybridized carbons (Fsp3) is 0.333. The van der Waals surface area contributed by atoms with Crippen LogP contribution in [0, 0.1) is 12.3 Å². The van der Waals surface area contributed by atoms with E-state index in [1.807, 2.05) is 25.2 Å². The number of nitrogens with one attached hydrogen (secondary N) is 1. The summed E-state index contributed by atoms with van der Waals surface area (Å²) in [6.45, 7) is 4.11. The van der Waals surface area contributed by atoms with Crippen LogP contribution in [-0.2, 0) is 0 Å². The maximum atomic E-state index is 7.40. The van der Waals surface area contributed by atoms with Crippen LogP contribution in [0.15, 0.2) is 30.3 Å². The first-order valence-electron chi connectivity index (χ1n) is 6.41. The number of nitrogens with two attached hydrogens (primary N) is 1. The van der Waals surface area contributed by atoms with Gasteiger partial charge in [0, 0.05) is 24.9 Å². The Morgan fingerprint density at radius 2 is 2.11 bits per heavy atom. The number of benzene rings is 1. The van der Waals surface area contributed by atoms with E-state index in [-0.39, 0.29) is 11.9 Å². The molecule has 2 rings (SSSR count). The minimum absolute atomic E-state index is 0.157. The molecule has 3 N–H and O–H groups in total. The number of hydrogen-bond acceptors (Lipinski definition) is 3. The van der Waals surface area contributed by atoms with E-state index in [0.29, 0.717) is 6.42 Å². The Kier molecular flexibility index (Phi) is 3.69. The van der Waals surface area contributed by atoms with Crippen molar-refractivity contribution in [1.82, 2.24) is 4.98 Å². The van der Waals surface area contributed by atoms with Crippen LogP contribution in [-0.4, -0.2) is 23.9 Å². The van der Waals surface area contributed by atoms with Gasteiger partial charge in [-0.05, 0) is 31.5 Å². The molecule has 100 valence electrons. The summed E-state index contributed by atoms with van der Waals surface area (Å²) in [5.41, 5.74) is 7.60. The van der Waals surface area contributed by atoms with Crippen molar-refractivity contribution in [2.45, 2.75) is 26.3 Å². The van der Waals surface area contributed by atoms with E-state index in [1.165, 1.54) is 0 Å². The molecule has 0 aliphatic rings. The molecule has 1 heterocycles. The SMILES string of the molecule is Cc1cc2ccccc2nc1N(C)C(C)CC(=N)N. The molecule has 1 aromatic carbocycles. The lowest BCUT2D eigenvalue weighted by molar-refractivity contribution is 0.699. The van der Waals surface area contributed by atoms with Gasteiger partial charge in [0.1, 0.15) is 5.82 Å². The third-order valence-corrected chi connectivity index (χ3v) is 3.40. The second kappa shape index (κ2) is 5.26. The lowest BCUT2D eigenvalue weighted by Gasteiger charge is -2.27. The van der Waals surface area contributed by atoms with Crippen molar-refractivity contribution in [3.05, 3.63) is 35.9 Å². The monoisotopic (exact) mass is 256 g/mol. The largest absolute Gasteiger partial charge is 0.388 e. The summed E-state index contributed by atoms with van der Waals surface area (Å²) in [5, 5.41) is 8.55. The van der Waals surface area contributed by atoms with E-state index in [2.05, 4.69) is 30.9 Å². The summed E-state index contributed by atoms with van der Waals surface area (Å²) in [6.07, 6.45) is 0.546. The molecular weight excluding hydrogens is 236 g/mol. The molecule has 0 aliphatic carbocycles. The Morgan fingerprint density at radius 3 is 2.79 bits per heavy atom. The highest BCUT2D eigenvalue weighted by Crippen LogP contribution is 2.23. The maximum Gasteiger partial charge on any atom is 0.132 e. The van der Waals surface area contributed by atoms with Crippen LogP contribution in [0.3, 0.4) is 0 Å². The summed E-state index contributed by atoms with van der Waals surface area (Å²) in [5.74, 6) is 1.16. The average Bonchev–Trinajstić information content (AvgIpc) is 2.36. The van der Waals surface area contributed by atoms with Crippen molar-refractivity contribution < 1.29 is 0 Å². The normalized spacial score (nSPS) is 12.4. The van der Waals surface area contributed by atoms with Gasteiger partial charge in [0.25, 0.3) is 0 Å². The quantitative estimate of drug-likeness (QED) is 0.653. The first-order valence-corrected chi connectivity index (χ1v) is 6.41. The molecule has 0 saturated heterocycles. The molecule has 1 unspecified atom stereocenters. The van der Waals surface area contributed by atoms with E-state index in [1.54, 1.807) is 0 Å². The Bertz CT molecular complexity index is 606. The molecule has 0 bridgehead atoms. The molecule has 0 amide bonds. The van der Waals surface area contributed by atoms with Crippen molar-refractivity contribution in [3.63, 3.8) is 0 Å². The zero-order valence-electron chi connectivity index (χ0n) is 11.6. The summed E-state index contributed by atoms with van der Waals surface area (Å²) in [7, 11) is 2.00. The van der Waals surface area contributed by atoms with Crippen LogP contribution >= 0.6 is 0 Å². The van der Waals surface area contributed by atoms with Gasteiger partial charge in [-0.3, -0.25) is 5.41 Å². The topological polar surface area (TPSA) is 66.0 Å². The minimum atomic E-state index is 0.157. The molecule has 1 aromatic heterocycles. The molecular formula is C15H20N4. The average molecular weight is 256 g/mol. The van der Waals surface area contributed by atoms with Crippen LogP contribution in [0.25, 0.3) is 10.9 Å². The van der Waals surface area contributed by atoms with Gasteiger partial charge in [0.05, 0.1) is 11.4 Å². The maximum absolute atomic E-state index is 7.40. The molecule has 0 saturated carbocycles. The molecule has 4 heteroatoms. The predicted molar refractivity (Wildman–Crippen MR) is 80.9 cm³/mol. The first kappa shape index (κ1) is 13.3. The number of pyridine rings is 1. The van der Waals surface area contributed by atoms with Crippen molar-refractivity contribution in [2.24, 2.45) is 5.73 Å². The van der Waals surface area contributed by atoms with Crippen LogP contribution in [0.2, 0.25) is 0 Å². The number of rotatable bonds is 4. The molecule has 0 aliphatic heterocycles. The number of nitrogens with zero attached hydrogens (tertiary/aromatic N) is 2. The molecule has 1 atom stereocenters. The third-order valence-electron chi connectivity index (χ3n) is 3.40. The first-order chi connectivity index (χ1) is 8.99. The molecule has 19 heavy (non-hydrogen) atoms. The van der Waals surface area contributed by atoms with Crippen molar-refractivity contribution in [3.8, 4) is 0 Å². The lowest BCUT2D eigenvalue weighted by Crippen LogP contribution is -2.33. The second-order valence-corrected chi connectivity index (χ2v) is 5.01. The number of anilines is 1. The third kappa shape index (κ3) is 2.84. The summed E-state index contributed by atoms with van der Waals surface area (Å²) >= 11 is 0. The highest BCUT2D eigenvalue weighted by Gasteiger charge is 2.15. The predicted octanol–water partition coefficient (Wildman–Crippen LogP) is 2.69. The van der Waals surface area contributed by atoms with Crippen LogP contribution < -0.4 is 10.6 Å². The van der Waals surface area contributed by atoms with Gasteiger partial charge >= 0.3 is 0 Å². The minimum Gasteiger partial charge on any atom is -0.388 e. The summed E-state index contributed by atoms with van der Waals surface area (Å²) in [6, 6.07) is 10.4. The zero-order valence-corrected chi connectivity index (χ0v) is 11.6. The summed E-state index contributed by atoms with van der Waals surface area (Å²) < 4.78 is 0. The number of hydrogen-bond donors (Lipinski definition) is 2. The molecule has 4 nitrogen and oxygen atoms in total. The van der Waals surface area contributed by atoms with Crippen LogP contribution in [0.4, 0.5) is 5.82 Å². The smallest absolute Gasteiger partial charge is 0.132 e. The van der Waals surface area contributed by atoms with Crippen molar-refractivity contribution in [2.75, 3.05) is 11.9 Å². The number of amidine groups is 1. The molecule has 2 aromatic rings. The molecule has 0 fully saturated rings. The second-order valence-electron chi connectivity index (χ2n) is 5.01. The van der Waals surface area contributed by atoms with E-state index in [9.17, 15) is 0 Å². The Morgan fingerprint density at radius 1 is 1.42 bits per heavy atom. The molecule has 0 spiro atoms. The Labute approximate surface area is 113 Å². The number of fused-ring (bicyclic) bond motifs is 1. The number of aromatic nitrogens is 1. The van der Waals surface area contributed by atoms with Crippen molar-refractivity contribution in [1.29, 1.82) is 5.41 Å². The summed E-state index contributed by atoms with van der Waals surface area (Å²) in [4.78, 5) is 6.80. The van der Waals surface area contributed by atoms with E-state index >= 15 is 0 Å². The van der Waals surface area contributed by atoms with Crippen molar-refractivity contribution >= 4 is 22.6 Å². The van der Waals surface area contributed by atoms with Gasteiger partial charge in [-0.25, -0.2) is 4.98 Å². The van der Waals surface area contributed by atoms with E-state index in [4.69, 9.17) is 16.1 Å². The van der Waals surface area contributed by atoms with Crippen LogP contribution in [0.1, 0.15) is 18.9 Å². The van der Waals surface area contributed by atoms with Gasteiger partial charge in [0.15, 0.2) is 0 Å². The zero-order chi connectivity index (χ0) is 14.0. The van der Waals surface area contributed by atoms with E-state index in [0.717, 1.165) is 22.3 Å². The highest BCUT2D eigenvalue weighted by atomic mass is 15.2. The van der Waals surface area contributed by atoms with Gasteiger partial charge in [-0.1, -0.05) is 18.2 Å². The van der Waals surface area contributed by atoms with Gasteiger partial charge in [0.2, 0.25) is 0 Å². The fourth-order valence-corrected chi connectivity index (χ4v) is 2.23. The molecule has 0 radical (unpaired) electrons. The van der Waals surface area contributed by atoms with Gasteiger partial charge in [-0.2, -0.15) is 0 Å². The van der Waals surface area contributed by atoms with Gasteiger partial charge < -0.3 is 10.6 Å². The highest BCUT2D eigenvalue weighted by molar-refractivity contribution is 5.82. The van der Waals surface area contributed by atoms with E-state index < -0.39 is 0 Å². The standard InChI is InChI=1S/C15H20N4/c1-10-8-12-6-4-5-7-13(12)18-15(10)19(3)11(2)9-14(16)17/h4-8,11H,9H2,1-3H3,(H3,16,17). The Hall–Kier alpha value is -2.10. The van der Waals surface area contributed by atoms with Gasteiger partial charge in [-0.15, -0.1) is 0 Å². The fourth-order valence-electron chi connectivity index (χ4n) is 2.23. The van der Waals surface area contributed by atoms with Crippen LogP contribution in [0.5, 0.6) is 0 Å².